The first kappa shape index (κ1) is 23.9. The molecule has 1 amide bonds. The molecule has 12 heteroatoms. The topological polar surface area (TPSA) is 138 Å². The number of benzene rings is 1. The second-order valence-corrected chi connectivity index (χ2v) is 9.67. The van der Waals surface area contributed by atoms with Crippen molar-refractivity contribution in [3.63, 3.8) is 0 Å². The molecule has 0 spiro atoms. The van der Waals surface area contributed by atoms with Gasteiger partial charge in [0.05, 0.1) is 12.2 Å². The number of amides is 1. The van der Waals surface area contributed by atoms with E-state index in [-0.39, 0.29) is 24.3 Å². The molecule has 0 saturated carbocycles. The summed E-state index contributed by atoms with van der Waals surface area (Å²) in [6.45, 7) is 6.48. The van der Waals surface area contributed by atoms with Crippen molar-refractivity contribution in [1.29, 1.82) is 0 Å². The lowest BCUT2D eigenvalue weighted by molar-refractivity contribution is -0.131. The highest BCUT2D eigenvalue weighted by Gasteiger charge is 2.25. The van der Waals surface area contributed by atoms with Crippen molar-refractivity contribution in [2.75, 3.05) is 12.8 Å². The third-order valence-corrected chi connectivity index (χ3v) is 7.07. The molecule has 11 nitrogen and oxygen atoms in total. The number of hydrogen-bond acceptors (Lipinski definition) is 8. The molecule has 1 aliphatic carbocycles. The zero-order valence-electron chi connectivity index (χ0n) is 20.2. The lowest BCUT2D eigenvalue weighted by Crippen LogP contribution is -2.37. The van der Waals surface area contributed by atoms with Gasteiger partial charge in [0.25, 0.3) is 0 Å². The molecule has 3 heterocycles. The minimum atomic E-state index is -0.0944. The molecular weight excluding hydrogens is 478 g/mol. The summed E-state index contributed by atoms with van der Waals surface area (Å²) in [5, 5.41) is 22.2. The average Bonchev–Trinajstić information content (AvgIpc) is 3.64. The first-order valence-corrected chi connectivity index (χ1v) is 12.9. The van der Waals surface area contributed by atoms with Gasteiger partial charge in [0.15, 0.2) is 0 Å². The predicted molar refractivity (Wildman–Crippen MR) is 137 cm³/mol. The minimum absolute atomic E-state index is 0.0260. The zero-order valence-corrected chi connectivity index (χ0v) is 21.0. The van der Waals surface area contributed by atoms with Crippen molar-refractivity contribution in [3.8, 4) is 0 Å². The molecular formula is C24H27N9O2S. The number of guanidine groups is 1. The Kier molecular flexibility index (Phi) is 6.94. The minimum Gasteiger partial charge on any atom is -0.420 e. The number of carbonyl (C=O) groups excluding carboxylic acids is 1. The van der Waals surface area contributed by atoms with Crippen LogP contribution in [0.3, 0.4) is 0 Å². The van der Waals surface area contributed by atoms with Gasteiger partial charge in [0.1, 0.15) is 12.1 Å². The molecule has 0 saturated heterocycles. The van der Waals surface area contributed by atoms with Crippen LogP contribution in [0.1, 0.15) is 41.2 Å². The third-order valence-electron chi connectivity index (χ3n) is 6.35. The number of rotatable bonds is 6. The van der Waals surface area contributed by atoms with Crippen LogP contribution in [-0.2, 0) is 37.0 Å². The fourth-order valence-corrected chi connectivity index (χ4v) is 4.85. The average molecular weight is 506 g/mol. The van der Waals surface area contributed by atoms with Gasteiger partial charge in [-0.2, -0.15) is 0 Å². The van der Waals surface area contributed by atoms with Crippen LogP contribution in [0.5, 0.6) is 0 Å². The monoisotopic (exact) mass is 505 g/mol. The summed E-state index contributed by atoms with van der Waals surface area (Å²) in [7, 11) is 0. The number of aromatic nitrogens is 5. The lowest BCUT2D eigenvalue weighted by atomic mass is 10.1. The molecule has 1 aromatic carbocycles. The van der Waals surface area contributed by atoms with Gasteiger partial charge in [-0.1, -0.05) is 11.3 Å². The van der Waals surface area contributed by atoms with Gasteiger partial charge < -0.3 is 14.6 Å². The maximum absolute atomic E-state index is 12.7. The van der Waals surface area contributed by atoms with Gasteiger partial charge in [-0.05, 0) is 56.0 Å². The van der Waals surface area contributed by atoms with Crippen LogP contribution in [0.4, 0.5) is 0 Å². The number of aromatic amines is 1. The van der Waals surface area contributed by atoms with Crippen LogP contribution < -0.4 is 5.32 Å². The highest BCUT2D eigenvalue weighted by Crippen LogP contribution is 2.27. The van der Waals surface area contributed by atoms with Crippen molar-refractivity contribution in [2.45, 2.75) is 50.1 Å². The summed E-state index contributed by atoms with van der Waals surface area (Å²) in [5.74, 6) is 0.902. The van der Waals surface area contributed by atoms with E-state index in [1.54, 1.807) is 22.9 Å². The summed E-state index contributed by atoms with van der Waals surface area (Å²) in [6, 6.07) is 6.81. The fourth-order valence-electron chi connectivity index (χ4n) is 4.39. The summed E-state index contributed by atoms with van der Waals surface area (Å²) >= 11 is 1.75. The van der Waals surface area contributed by atoms with E-state index in [1.165, 1.54) is 16.0 Å². The smallest absolute Gasteiger partial charge is 0.245 e. The Morgan fingerprint density at radius 2 is 2.19 bits per heavy atom. The van der Waals surface area contributed by atoms with Crippen molar-refractivity contribution >= 4 is 35.9 Å². The Labute approximate surface area is 212 Å². The number of nitrogens with one attached hydrogen (secondary N) is 2. The molecule has 2 N–H and O–H groups in total. The van der Waals surface area contributed by atoms with E-state index < -0.39 is 0 Å². The first-order chi connectivity index (χ1) is 17.5. The van der Waals surface area contributed by atoms with Crippen LogP contribution in [-0.4, -0.2) is 67.9 Å². The van der Waals surface area contributed by atoms with Crippen molar-refractivity contribution in [2.24, 2.45) is 9.98 Å². The third kappa shape index (κ3) is 5.23. The number of aliphatic imine (C=N–C) groups is 2. The normalized spacial score (nSPS) is 17.6. The molecule has 186 valence electrons. The maximum Gasteiger partial charge on any atom is 0.245 e. The number of hydrogen-bond donors (Lipinski definition) is 2. The van der Waals surface area contributed by atoms with Gasteiger partial charge >= 0.3 is 0 Å². The van der Waals surface area contributed by atoms with Crippen molar-refractivity contribution in [1.82, 2.24) is 35.8 Å². The SMILES string of the molecule is C=N/C(=N\C=C(/C)c1nnc(CC(=O)N2CCc3[nH]nnc3C2)o1)NC1Cc2ccc(SC)cc2C1. The predicted octanol–water partition coefficient (Wildman–Crippen LogP) is 2.21. The van der Waals surface area contributed by atoms with Gasteiger partial charge in [-0.25, -0.2) is 9.98 Å². The fraction of sp³-hybridized carbons (Fsp3) is 0.375. The van der Waals surface area contributed by atoms with Crippen LogP contribution in [0.15, 0.2) is 43.7 Å². The van der Waals surface area contributed by atoms with E-state index in [4.69, 9.17) is 4.42 Å². The number of nitrogens with zero attached hydrogens (tertiary/aromatic N) is 7. The molecule has 3 aromatic rings. The maximum atomic E-state index is 12.7. The Bertz CT molecular complexity index is 1340. The summed E-state index contributed by atoms with van der Waals surface area (Å²) < 4.78 is 5.71. The number of thioether (sulfide) groups is 1. The Hall–Kier alpha value is -3.80. The Morgan fingerprint density at radius 3 is 3.03 bits per heavy atom. The summed E-state index contributed by atoms with van der Waals surface area (Å²) in [6.07, 6.45) is 6.25. The van der Waals surface area contributed by atoms with Gasteiger partial charge in [0.2, 0.25) is 23.6 Å². The van der Waals surface area contributed by atoms with Crippen molar-refractivity contribution < 1.29 is 9.21 Å². The highest BCUT2D eigenvalue weighted by atomic mass is 32.2. The zero-order chi connectivity index (χ0) is 25.1. The number of fused-ring (bicyclic) bond motifs is 2. The van der Waals surface area contributed by atoms with E-state index in [0.29, 0.717) is 36.9 Å². The molecule has 2 aliphatic rings. The van der Waals surface area contributed by atoms with Crippen molar-refractivity contribution in [3.05, 3.63) is 58.7 Å². The molecule has 36 heavy (non-hydrogen) atoms. The van der Waals surface area contributed by atoms with Gasteiger partial charge in [0, 0.05) is 35.7 Å². The summed E-state index contributed by atoms with van der Waals surface area (Å²) in [4.78, 5) is 24.1. The molecule has 0 fully saturated rings. The molecule has 1 atom stereocenters. The van der Waals surface area contributed by atoms with Gasteiger partial charge in [-0.3, -0.25) is 9.89 Å². The molecule has 0 radical (unpaired) electrons. The summed E-state index contributed by atoms with van der Waals surface area (Å²) in [5.41, 5.74) is 5.14. The molecule has 0 bridgehead atoms. The largest absolute Gasteiger partial charge is 0.420 e. The second kappa shape index (κ2) is 10.4. The Morgan fingerprint density at radius 1 is 1.33 bits per heavy atom. The highest BCUT2D eigenvalue weighted by molar-refractivity contribution is 7.98. The Balaban J connectivity index is 1.18. The van der Waals surface area contributed by atoms with E-state index in [1.807, 2.05) is 6.92 Å². The van der Waals surface area contributed by atoms with Crippen LogP contribution in [0.2, 0.25) is 0 Å². The number of allylic oxidation sites excluding steroid dienone is 1. The van der Waals surface area contributed by atoms with Crippen LogP contribution in [0.25, 0.3) is 5.57 Å². The molecule has 5 rings (SSSR count). The van der Waals surface area contributed by atoms with E-state index in [0.717, 1.165) is 24.2 Å². The lowest BCUT2D eigenvalue weighted by Gasteiger charge is -2.25. The van der Waals surface area contributed by atoms with E-state index >= 15 is 0 Å². The van der Waals surface area contributed by atoms with E-state index in [9.17, 15) is 4.79 Å². The molecule has 1 aliphatic heterocycles. The second-order valence-electron chi connectivity index (χ2n) is 8.79. The number of carbonyl (C=O) groups is 1. The standard InChI is InChI=1S/C24H27N9O2S/c1-14(12-26-24(25-2)27-17-8-15-4-5-18(36-3)10-16(15)9-17)23-31-30-21(35-23)11-22(34)33-7-6-19-20(13-33)29-32-28-19/h4-5,10,12,17H,2,6-9,11,13H2,1,3H3,(H,26,27)(H,28,29,32)/b14-12+. The first-order valence-electron chi connectivity index (χ1n) is 11.7. The van der Waals surface area contributed by atoms with Gasteiger partial charge in [-0.15, -0.1) is 27.1 Å². The van der Waals surface area contributed by atoms with Crippen LogP contribution in [0, 0.1) is 0 Å². The molecule has 2 aromatic heterocycles. The molecule has 1 unspecified atom stereocenters. The quantitative estimate of drug-likeness (QED) is 0.295. The van der Waals surface area contributed by atoms with E-state index in [2.05, 4.69) is 72.1 Å². The number of H-pyrrole nitrogens is 1. The van der Waals surface area contributed by atoms with Crippen LogP contribution >= 0.6 is 11.8 Å².